The minimum atomic E-state index is -0.0773. The van der Waals surface area contributed by atoms with Gasteiger partial charge in [0.25, 0.3) is 0 Å². The molecule has 7 nitrogen and oxygen atoms in total. The van der Waals surface area contributed by atoms with E-state index in [2.05, 4.69) is 25.1 Å². The number of nitrogens with zero attached hydrogens (tertiary/aromatic N) is 5. The Morgan fingerprint density at radius 2 is 1.95 bits per heavy atom. The number of oxime groups is 1. The highest BCUT2D eigenvalue weighted by Gasteiger charge is 2.08. The highest BCUT2D eigenvalue weighted by molar-refractivity contribution is 7.99. The van der Waals surface area contributed by atoms with E-state index in [4.69, 9.17) is 10.9 Å². The molecule has 0 saturated heterocycles. The second kappa shape index (κ2) is 5.71. The number of rotatable bonds is 3. The first kappa shape index (κ1) is 13.3. The topological polar surface area (TPSA) is 110 Å². The van der Waals surface area contributed by atoms with Gasteiger partial charge in [0.15, 0.2) is 5.84 Å². The van der Waals surface area contributed by atoms with E-state index >= 15 is 0 Å². The molecule has 0 fully saturated rings. The molecule has 0 saturated carbocycles. The second-order valence-corrected chi connectivity index (χ2v) is 5.03. The molecule has 8 heteroatoms. The van der Waals surface area contributed by atoms with Crippen molar-refractivity contribution >= 4 is 28.5 Å². The molecule has 0 atom stereocenters. The monoisotopic (exact) mass is 298 g/mol. The van der Waals surface area contributed by atoms with Crippen LogP contribution in [0.2, 0.25) is 0 Å². The summed E-state index contributed by atoms with van der Waals surface area (Å²) in [6.07, 6.45) is 4.51. The van der Waals surface area contributed by atoms with Crippen LogP contribution in [0.15, 0.2) is 58.2 Å². The summed E-state index contributed by atoms with van der Waals surface area (Å²) in [6.45, 7) is 0. The van der Waals surface area contributed by atoms with E-state index < -0.39 is 0 Å². The molecule has 0 amide bonds. The molecule has 2 aromatic heterocycles. The maximum Gasteiger partial charge on any atom is 0.190 e. The minimum Gasteiger partial charge on any atom is -0.409 e. The standard InChI is InChI=1S/C13H10N6OS/c14-12(19-20)10-5-16-11(6-15-10)21-13-8-3-1-2-4-9(8)17-7-18-13/h1-7,20H,(H2,14,19). The van der Waals surface area contributed by atoms with Crippen LogP contribution in [0.1, 0.15) is 5.69 Å². The van der Waals surface area contributed by atoms with Gasteiger partial charge < -0.3 is 10.9 Å². The number of hydrogen-bond donors (Lipinski definition) is 2. The summed E-state index contributed by atoms with van der Waals surface area (Å²) in [5, 5.41) is 13.9. The van der Waals surface area contributed by atoms with Crippen molar-refractivity contribution in [1.82, 2.24) is 19.9 Å². The molecule has 0 unspecified atom stereocenters. The third kappa shape index (κ3) is 2.75. The Morgan fingerprint density at radius 1 is 1.10 bits per heavy atom. The van der Waals surface area contributed by atoms with Crippen molar-refractivity contribution in [2.24, 2.45) is 10.9 Å². The van der Waals surface area contributed by atoms with Gasteiger partial charge in [-0.25, -0.2) is 19.9 Å². The van der Waals surface area contributed by atoms with Crippen molar-refractivity contribution in [3.8, 4) is 0 Å². The number of fused-ring (bicyclic) bond motifs is 1. The summed E-state index contributed by atoms with van der Waals surface area (Å²) < 4.78 is 0. The Balaban J connectivity index is 1.92. The van der Waals surface area contributed by atoms with Gasteiger partial charge in [-0.2, -0.15) is 0 Å². The quantitative estimate of drug-likeness (QED) is 0.249. The van der Waals surface area contributed by atoms with Crippen LogP contribution in [0.25, 0.3) is 10.9 Å². The van der Waals surface area contributed by atoms with E-state index in [1.54, 1.807) is 6.20 Å². The van der Waals surface area contributed by atoms with E-state index in [0.29, 0.717) is 10.7 Å². The predicted molar refractivity (Wildman–Crippen MR) is 78.2 cm³/mol. The van der Waals surface area contributed by atoms with Gasteiger partial charge in [0.1, 0.15) is 22.1 Å². The first-order chi connectivity index (χ1) is 10.3. The number of aromatic nitrogens is 4. The molecule has 3 N–H and O–H groups in total. The molecule has 104 valence electrons. The lowest BCUT2D eigenvalue weighted by atomic mass is 10.2. The van der Waals surface area contributed by atoms with Crippen LogP contribution in [0.5, 0.6) is 0 Å². The Kier molecular flexibility index (Phi) is 3.61. The van der Waals surface area contributed by atoms with E-state index in [1.165, 1.54) is 24.3 Å². The van der Waals surface area contributed by atoms with Gasteiger partial charge in [0.05, 0.1) is 17.9 Å². The van der Waals surface area contributed by atoms with Crippen molar-refractivity contribution in [3.05, 3.63) is 48.7 Å². The fraction of sp³-hybridized carbons (Fsp3) is 0. The zero-order valence-electron chi connectivity index (χ0n) is 10.7. The van der Waals surface area contributed by atoms with E-state index in [0.717, 1.165) is 15.9 Å². The van der Waals surface area contributed by atoms with E-state index in [1.807, 2.05) is 24.3 Å². The zero-order chi connectivity index (χ0) is 14.7. The van der Waals surface area contributed by atoms with Gasteiger partial charge in [-0.3, -0.25) is 0 Å². The third-order valence-corrected chi connectivity index (χ3v) is 3.64. The van der Waals surface area contributed by atoms with Crippen LogP contribution in [-0.2, 0) is 0 Å². The molecule has 0 aliphatic rings. The molecule has 2 heterocycles. The van der Waals surface area contributed by atoms with Crippen molar-refractivity contribution < 1.29 is 5.21 Å². The number of amidine groups is 1. The summed E-state index contributed by atoms with van der Waals surface area (Å²) in [7, 11) is 0. The van der Waals surface area contributed by atoms with Gasteiger partial charge in [0.2, 0.25) is 0 Å². The zero-order valence-corrected chi connectivity index (χ0v) is 11.5. The van der Waals surface area contributed by atoms with Crippen molar-refractivity contribution in [2.75, 3.05) is 0 Å². The van der Waals surface area contributed by atoms with Gasteiger partial charge in [-0.05, 0) is 17.8 Å². The Morgan fingerprint density at radius 3 is 2.71 bits per heavy atom. The Hall–Kier alpha value is -2.74. The van der Waals surface area contributed by atoms with Crippen molar-refractivity contribution in [1.29, 1.82) is 0 Å². The Labute approximate surface area is 124 Å². The van der Waals surface area contributed by atoms with Crippen LogP contribution in [0.4, 0.5) is 0 Å². The fourth-order valence-corrected chi connectivity index (χ4v) is 2.50. The molecule has 21 heavy (non-hydrogen) atoms. The highest BCUT2D eigenvalue weighted by Crippen LogP contribution is 2.28. The third-order valence-electron chi connectivity index (χ3n) is 2.71. The largest absolute Gasteiger partial charge is 0.409 e. The molecule has 3 aromatic rings. The minimum absolute atomic E-state index is 0.0773. The maximum atomic E-state index is 8.58. The summed E-state index contributed by atoms with van der Waals surface area (Å²) >= 11 is 1.38. The molecular weight excluding hydrogens is 288 g/mol. The molecule has 0 aliphatic heterocycles. The smallest absolute Gasteiger partial charge is 0.190 e. The van der Waals surface area contributed by atoms with Crippen LogP contribution in [0, 0.1) is 0 Å². The highest BCUT2D eigenvalue weighted by atomic mass is 32.2. The predicted octanol–water partition coefficient (Wildman–Crippen LogP) is 1.67. The van der Waals surface area contributed by atoms with Crippen molar-refractivity contribution in [3.63, 3.8) is 0 Å². The second-order valence-electron chi connectivity index (χ2n) is 4.02. The molecule has 0 bridgehead atoms. The lowest BCUT2D eigenvalue weighted by Crippen LogP contribution is -2.15. The van der Waals surface area contributed by atoms with Gasteiger partial charge in [0, 0.05) is 5.39 Å². The number of para-hydroxylation sites is 1. The Bertz CT molecular complexity index is 800. The summed E-state index contributed by atoms with van der Waals surface area (Å²) in [5.74, 6) is -0.0773. The maximum absolute atomic E-state index is 8.58. The van der Waals surface area contributed by atoms with E-state index in [-0.39, 0.29) is 5.84 Å². The average molecular weight is 298 g/mol. The summed E-state index contributed by atoms with van der Waals surface area (Å²) in [5.41, 5.74) is 6.63. The van der Waals surface area contributed by atoms with E-state index in [9.17, 15) is 0 Å². The SMILES string of the molecule is NC(=NO)c1cnc(Sc2ncnc3ccccc23)cn1. The molecule has 3 rings (SSSR count). The first-order valence-corrected chi connectivity index (χ1v) is 6.77. The van der Waals surface area contributed by atoms with Gasteiger partial charge in [-0.15, -0.1) is 0 Å². The van der Waals surface area contributed by atoms with Crippen LogP contribution in [0.3, 0.4) is 0 Å². The summed E-state index contributed by atoms with van der Waals surface area (Å²) in [6, 6.07) is 7.74. The molecule has 1 aromatic carbocycles. The molecule has 0 radical (unpaired) electrons. The average Bonchev–Trinajstić information content (AvgIpc) is 2.55. The normalized spacial score (nSPS) is 11.7. The molecule has 0 spiro atoms. The molecule has 0 aliphatic carbocycles. The number of nitrogens with two attached hydrogens (primary N) is 1. The van der Waals surface area contributed by atoms with Crippen LogP contribution in [-0.4, -0.2) is 31.0 Å². The van der Waals surface area contributed by atoms with Crippen molar-refractivity contribution in [2.45, 2.75) is 10.1 Å². The number of hydrogen-bond acceptors (Lipinski definition) is 7. The fourth-order valence-electron chi connectivity index (χ4n) is 1.71. The first-order valence-electron chi connectivity index (χ1n) is 5.95. The van der Waals surface area contributed by atoms with Gasteiger partial charge >= 0.3 is 0 Å². The lowest BCUT2D eigenvalue weighted by Gasteiger charge is -2.04. The van der Waals surface area contributed by atoms with Gasteiger partial charge in [-0.1, -0.05) is 23.4 Å². The molecular formula is C13H10N6OS. The van der Waals surface area contributed by atoms with Crippen LogP contribution < -0.4 is 5.73 Å². The summed E-state index contributed by atoms with van der Waals surface area (Å²) in [4.78, 5) is 16.8. The lowest BCUT2D eigenvalue weighted by molar-refractivity contribution is 0.318. The number of benzene rings is 1. The van der Waals surface area contributed by atoms with Crippen LogP contribution >= 0.6 is 11.8 Å².